The van der Waals surface area contributed by atoms with Crippen LogP contribution in [0.15, 0.2) is 60.7 Å². The lowest BCUT2D eigenvalue weighted by Crippen LogP contribution is -2.29. The van der Waals surface area contributed by atoms with E-state index in [4.69, 9.17) is 10.00 Å². The van der Waals surface area contributed by atoms with Gasteiger partial charge in [0, 0.05) is 18.3 Å². The molecule has 3 heteroatoms. The minimum atomic E-state index is -0.356. The molecule has 0 radical (unpaired) electrons. The lowest BCUT2D eigenvalue weighted by Gasteiger charge is -2.34. The van der Waals surface area contributed by atoms with Gasteiger partial charge < -0.3 is 4.74 Å². The minimum Gasteiger partial charge on any atom is -0.466 e. The molecule has 0 amide bonds. The molecule has 0 spiro atoms. The van der Waals surface area contributed by atoms with E-state index in [1.807, 2.05) is 43.3 Å². The van der Waals surface area contributed by atoms with Crippen molar-refractivity contribution >= 4 is 5.97 Å². The fourth-order valence-electron chi connectivity index (χ4n) is 3.20. The molecule has 0 atom stereocenters. The Morgan fingerprint density at radius 1 is 1.00 bits per heavy atom. The molecule has 0 fully saturated rings. The molecule has 0 bridgehead atoms. The highest BCUT2D eigenvalue weighted by Gasteiger charge is 2.34. The maximum Gasteiger partial charge on any atom is 0.305 e. The summed E-state index contributed by atoms with van der Waals surface area (Å²) in [5.41, 5.74) is 1.91. The van der Waals surface area contributed by atoms with Crippen LogP contribution in [-0.2, 0) is 14.9 Å². The summed E-state index contributed by atoms with van der Waals surface area (Å²) in [7, 11) is 0. The first kappa shape index (κ1) is 17.7. The smallest absolute Gasteiger partial charge is 0.305 e. The topological polar surface area (TPSA) is 50.1 Å². The van der Waals surface area contributed by atoms with Crippen molar-refractivity contribution in [2.75, 3.05) is 6.61 Å². The van der Waals surface area contributed by atoms with Crippen molar-refractivity contribution in [2.45, 2.75) is 38.0 Å². The van der Waals surface area contributed by atoms with Crippen molar-refractivity contribution in [3.8, 4) is 6.07 Å². The Balaban J connectivity index is 2.44. The SMILES string of the molecule is CCOC(=O)CCC(CCC#N)(c1ccccc1)c1ccccc1. The molecule has 0 aliphatic carbocycles. The number of carbonyl (C=O) groups excluding carboxylic acids is 1. The summed E-state index contributed by atoms with van der Waals surface area (Å²) in [6, 6.07) is 22.6. The molecular weight excluding hydrogens is 298 g/mol. The number of rotatable bonds is 8. The van der Waals surface area contributed by atoms with Crippen LogP contribution in [0, 0.1) is 11.3 Å². The van der Waals surface area contributed by atoms with Gasteiger partial charge in [-0.05, 0) is 30.9 Å². The van der Waals surface area contributed by atoms with Crippen molar-refractivity contribution in [3.05, 3.63) is 71.8 Å². The number of nitriles is 1. The Labute approximate surface area is 143 Å². The second-order valence-electron chi connectivity index (χ2n) is 5.78. The molecule has 3 nitrogen and oxygen atoms in total. The Hall–Kier alpha value is -2.60. The standard InChI is InChI=1S/C21H23NO2/c1-2-24-20(23)14-16-21(15-9-17-22,18-10-5-3-6-11-18)19-12-7-4-8-13-19/h3-8,10-13H,2,9,14-16H2,1H3. The Morgan fingerprint density at radius 3 is 2.00 bits per heavy atom. The van der Waals surface area contributed by atoms with Gasteiger partial charge in [0.2, 0.25) is 0 Å². The van der Waals surface area contributed by atoms with Crippen molar-refractivity contribution in [2.24, 2.45) is 0 Å². The van der Waals surface area contributed by atoms with Gasteiger partial charge in [0.15, 0.2) is 0 Å². The number of nitrogens with zero attached hydrogens (tertiary/aromatic N) is 1. The maximum absolute atomic E-state index is 11.9. The van der Waals surface area contributed by atoms with Crippen LogP contribution in [0.25, 0.3) is 0 Å². The Kier molecular flexibility index (Phi) is 6.57. The minimum absolute atomic E-state index is 0.189. The van der Waals surface area contributed by atoms with Crippen LogP contribution in [0.2, 0.25) is 0 Å². The third kappa shape index (κ3) is 4.23. The Morgan fingerprint density at radius 2 is 1.54 bits per heavy atom. The lowest BCUT2D eigenvalue weighted by molar-refractivity contribution is -0.143. The highest BCUT2D eigenvalue weighted by atomic mass is 16.5. The molecule has 24 heavy (non-hydrogen) atoms. The molecule has 2 rings (SSSR count). The van der Waals surface area contributed by atoms with E-state index in [0.717, 1.165) is 11.1 Å². The molecule has 0 unspecified atom stereocenters. The van der Waals surface area contributed by atoms with E-state index in [0.29, 0.717) is 32.3 Å². The van der Waals surface area contributed by atoms with Crippen LogP contribution in [0.3, 0.4) is 0 Å². The predicted molar refractivity (Wildman–Crippen MR) is 94.4 cm³/mol. The van der Waals surface area contributed by atoms with E-state index in [1.165, 1.54) is 0 Å². The molecule has 0 saturated carbocycles. The van der Waals surface area contributed by atoms with Gasteiger partial charge in [-0.3, -0.25) is 4.79 Å². The van der Waals surface area contributed by atoms with Crippen LogP contribution < -0.4 is 0 Å². The third-order valence-corrected chi connectivity index (χ3v) is 4.38. The fraction of sp³-hybridized carbons (Fsp3) is 0.333. The van der Waals surface area contributed by atoms with Crippen LogP contribution in [-0.4, -0.2) is 12.6 Å². The van der Waals surface area contributed by atoms with Gasteiger partial charge in [-0.25, -0.2) is 0 Å². The summed E-state index contributed by atoms with van der Waals surface area (Å²) in [5.74, 6) is -0.189. The molecule has 0 N–H and O–H groups in total. The van der Waals surface area contributed by atoms with Gasteiger partial charge in [0.25, 0.3) is 0 Å². The molecule has 2 aromatic carbocycles. The molecule has 2 aromatic rings. The van der Waals surface area contributed by atoms with E-state index in [2.05, 4.69) is 30.3 Å². The van der Waals surface area contributed by atoms with Gasteiger partial charge in [-0.15, -0.1) is 0 Å². The van der Waals surface area contributed by atoms with Crippen molar-refractivity contribution in [3.63, 3.8) is 0 Å². The van der Waals surface area contributed by atoms with Crippen LogP contribution in [0.4, 0.5) is 0 Å². The summed E-state index contributed by atoms with van der Waals surface area (Å²) in [6.45, 7) is 2.20. The van der Waals surface area contributed by atoms with E-state index in [-0.39, 0.29) is 11.4 Å². The molecular formula is C21H23NO2. The molecule has 0 aromatic heterocycles. The first-order valence-corrected chi connectivity index (χ1v) is 8.36. The van der Waals surface area contributed by atoms with Crippen LogP contribution >= 0.6 is 0 Å². The molecule has 0 saturated heterocycles. The molecule has 0 aliphatic heterocycles. The number of esters is 1. The summed E-state index contributed by atoms with van der Waals surface area (Å²) >= 11 is 0. The normalized spacial score (nSPS) is 10.8. The highest BCUT2D eigenvalue weighted by molar-refractivity contribution is 5.69. The van der Waals surface area contributed by atoms with E-state index in [9.17, 15) is 4.79 Å². The summed E-state index contributed by atoms with van der Waals surface area (Å²) in [6.07, 6.45) is 2.08. The van der Waals surface area contributed by atoms with Gasteiger partial charge in [0.05, 0.1) is 12.7 Å². The molecule has 0 aliphatic rings. The van der Waals surface area contributed by atoms with E-state index >= 15 is 0 Å². The van der Waals surface area contributed by atoms with Crippen molar-refractivity contribution < 1.29 is 9.53 Å². The fourth-order valence-corrected chi connectivity index (χ4v) is 3.20. The first-order chi connectivity index (χ1) is 11.7. The van der Waals surface area contributed by atoms with Gasteiger partial charge in [0.1, 0.15) is 0 Å². The second-order valence-corrected chi connectivity index (χ2v) is 5.78. The van der Waals surface area contributed by atoms with Gasteiger partial charge in [-0.2, -0.15) is 5.26 Å². The van der Waals surface area contributed by atoms with E-state index < -0.39 is 0 Å². The molecule has 124 valence electrons. The summed E-state index contributed by atoms with van der Waals surface area (Å²) in [4.78, 5) is 11.9. The second kappa shape index (κ2) is 8.88. The number of carbonyl (C=O) groups is 1. The third-order valence-electron chi connectivity index (χ3n) is 4.38. The summed E-state index contributed by atoms with van der Waals surface area (Å²) < 4.78 is 5.11. The Bertz CT molecular complexity index is 634. The van der Waals surface area contributed by atoms with Gasteiger partial charge in [-0.1, -0.05) is 60.7 Å². The largest absolute Gasteiger partial charge is 0.466 e. The number of ether oxygens (including phenoxy) is 1. The zero-order chi connectivity index (χ0) is 17.3. The monoisotopic (exact) mass is 321 g/mol. The highest BCUT2D eigenvalue weighted by Crippen LogP contribution is 2.41. The number of hydrogen-bond donors (Lipinski definition) is 0. The summed E-state index contributed by atoms with van der Waals surface area (Å²) in [5, 5.41) is 9.14. The van der Waals surface area contributed by atoms with Crippen molar-refractivity contribution in [1.82, 2.24) is 0 Å². The number of benzene rings is 2. The molecule has 0 heterocycles. The number of hydrogen-bond acceptors (Lipinski definition) is 3. The van der Waals surface area contributed by atoms with E-state index in [1.54, 1.807) is 0 Å². The zero-order valence-electron chi connectivity index (χ0n) is 14.1. The zero-order valence-corrected chi connectivity index (χ0v) is 14.1. The maximum atomic E-state index is 11.9. The van der Waals surface area contributed by atoms with Crippen LogP contribution in [0.5, 0.6) is 0 Å². The lowest BCUT2D eigenvalue weighted by atomic mass is 9.68. The van der Waals surface area contributed by atoms with Crippen LogP contribution in [0.1, 0.15) is 43.7 Å². The first-order valence-electron chi connectivity index (χ1n) is 8.36. The average molecular weight is 321 g/mol. The quantitative estimate of drug-likeness (QED) is 0.667. The van der Waals surface area contributed by atoms with Crippen molar-refractivity contribution in [1.29, 1.82) is 5.26 Å². The van der Waals surface area contributed by atoms with Gasteiger partial charge >= 0.3 is 5.97 Å². The predicted octanol–water partition coefficient (Wildman–Crippen LogP) is 4.62. The average Bonchev–Trinajstić information content (AvgIpc) is 2.64.